The van der Waals surface area contributed by atoms with Crippen LogP contribution in [0.3, 0.4) is 0 Å². The summed E-state index contributed by atoms with van der Waals surface area (Å²) in [5.41, 5.74) is 3.17. The number of ether oxygens (including phenoxy) is 1. The average molecular weight is 652 g/mol. The molecule has 45 heavy (non-hydrogen) atoms. The number of benzene rings is 1. The number of hydrogen-bond donors (Lipinski definition) is 3. The van der Waals surface area contributed by atoms with Crippen molar-refractivity contribution >= 4 is 40.7 Å². The van der Waals surface area contributed by atoms with Gasteiger partial charge in [-0.05, 0) is 80.2 Å². The predicted molar refractivity (Wildman–Crippen MR) is 185 cm³/mol. The van der Waals surface area contributed by atoms with E-state index in [9.17, 15) is 14.0 Å². The fourth-order valence-corrected chi connectivity index (χ4v) is 5.95. The van der Waals surface area contributed by atoms with Crippen molar-refractivity contribution < 1.29 is 9.13 Å². The molecule has 0 radical (unpaired) electrons. The minimum atomic E-state index is -0.687. The number of nitrogens with one attached hydrogen (secondary N) is 3. The van der Waals surface area contributed by atoms with Crippen molar-refractivity contribution in [3.8, 4) is 0 Å². The zero-order chi connectivity index (χ0) is 32.7. The molecule has 0 fully saturated rings. The van der Waals surface area contributed by atoms with E-state index in [1.54, 1.807) is 31.4 Å². The van der Waals surface area contributed by atoms with Crippen molar-refractivity contribution in [2.75, 3.05) is 19.0 Å². The zero-order valence-corrected chi connectivity index (χ0v) is 28.3. The first-order valence-corrected chi connectivity index (χ1v) is 15.9. The van der Waals surface area contributed by atoms with Gasteiger partial charge in [-0.2, -0.15) is 4.98 Å². The maximum atomic E-state index is 14.4. The Balaban J connectivity index is 1.77. The first-order valence-electron chi connectivity index (χ1n) is 14.7. The number of aromatic amines is 1. The van der Waals surface area contributed by atoms with Crippen molar-refractivity contribution in [3.63, 3.8) is 0 Å². The summed E-state index contributed by atoms with van der Waals surface area (Å²) >= 11 is 0. The molecule has 0 spiro atoms. The summed E-state index contributed by atoms with van der Waals surface area (Å²) in [5.74, 6) is -0.216. The summed E-state index contributed by atoms with van der Waals surface area (Å²) < 4.78 is 22.3. The molecule has 3 unspecified atom stereocenters. The minimum Gasteiger partial charge on any atom is -0.385 e. The molecular formula is C32H40FN7O3P2. The Morgan fingerprint density at radius 3 is 2.58 bits per heavy atom. The number of methoxy groups -OCH3 is 1. The minimum absolute atomic E-state index is 0.113. The van der Waals surface area contributed by atoms with Crippen LogP contribution in [0.1, 0.15) is 51.2 Å². The first kappa shape index (κ1) is 34.1. The number of hydrogen-bond acceptors (Lipinski definition) is 7. The molecule has 2 heterocycles. The Kier molecular flexibility index (Phi) is 11.7. The van der Waals surface area contributed by atoms with Gasteiger partial charge in [-0.15, -0.1) is 18.5 Å². The molecule has 0 amide bonds. The lowest BCUT2D eigenvalue weighted by Crippen LogP contribution is -2.44. The van der Waals surface area contributed by atoms with Gasteiger partial charge >= 0.3 is 5.69 Å². The highest BCUT2D eigenvalue weighted by atomic mass is 31.0. The van der Waals surface area contributed by atoms with Gasteiger partial charge in [-0.25, -0.2) is 9.18 Å². The summed E-state index contributed by atoms with van der Waals surface area (Å²) in [7, 11) is 6.47. The molecule has 238 valence electrons. The van der Waals surface area contributed by atoms with Crippen LogP contribution in [0.2, 0.25) is 0 Å². The van der Waals surface area contributed by atoms with Crippen molar-refractivity contribution in [2.24, 2.45) is 4.99 Å². The molecule has 1 aliphatic rings. The molecule has 4 rings (SSSR count). The van der Waals surface area contributed by atoms with E-state index >= 15 is 0 Å². The van der Waals surface area contributed by atoms with Gasteiger partial charge in [0.05, 0.1) is 24.8 Å². The smallest absolute Gasteiger partial charge is 0.353 e. The molecule has 0 aliphatic heterocycles. The fraction of sp³-hybridized carbons (Fsp3) is 0.344. The summed E-state index contributed by atoms with van der Waals surface area (Å²) in [6.45, 7) is 6.69. The van der Waals surface area contributed by atoms with Crippen molar-refractivity contribution in [1.29, 1.82) is 5.41 Å². The quantitative estimate of drug-likeness (QED) is 0.205. The lowest BCUT2D eigenvalue weighted by molar-refractivity contribution is 0.190. The molecule has 0 bridgehead atoms. The Hall–Kier alpha value is -3.78. The zero-order valence-electron chi connectivity index (χ0n) is 26.0. The monoisotopic (exact) mass is 651 g/mol. The number of H-pyrrole nitrogens is 1. The van der Waals surface area contributed by atoms with Crippen LogP contribution in [0.25, 0.3) is 0 Å². The molecule has 3 atom stereocenters. The number of rotatable bonds is 12. The number of nitrogens with zero attached hydrogens (tertiary/aromatic N) is 4. The topological polar surface area (TPSA) is 130 Å². The SMILES string of the molecule is C/C=C1/C=C(Nc2nc(=O)n(Cc3ccc[nH]c3=O)c(=N)n2Cc2cc(P)c(F)c(P)c2)C(C)=C/C1=N/C(CC)CCCOC. The maximum Gasteiger partial charge on any atom is 0.353 e. The van der Waals surface area contributed by atoms with Crippen LogP contribution >= 0.6 is 18.5 Å². The number of pyridine rings is 1. The Bertz CT molecular complexity index is 1850. The van der Waals surface area contributed by atoms with Crippen molar-refractivity contribution in [3.05, 3.63) is 109 Å². The second kappa shape index (κ2) is 15.5. The normalized spacial score (nSPS) is 15.7. The lowest BCUT2D eigenvalue weighted by Gasteiger charge is -2.22. The van der Waals surface area contributed by atoms with E-state index in [4.69, 9.17) is 15.1 Å². The Labute approximate surface area is 266 Å². The number of allylic oxidation sites excluding steroid dienone is 5. The van der Waals surface area contributed by atoms with Crippen molar-refractivity contribution in [2.45, 2.75) is 59.2 Å². The number of aliphatic imine (C=N–C) groups is 1. The predicted octanol–water partition coefficient (Wildman–Crippen LogP) is 3.30. The third-order valence-corrected chi connectivity index (χ3v) is 8.41. The number of aromatic nitrogens is 4. The molecule has 0 saturated carbocycles. The van der Waals surface area contributed by atoms with Gasteiger partial charge in [0.15, 0.2) is 0 Å². The average Bonchev–Trinajstić information content (AvgIpc) is 3.01. The third kappa shape index (κ3) is 8.28. The Morgan fingerprint density at radius 1 is 1.20 bits per heavy atom. The molecule has 3 aromatic rings. The highest BCUT2D eigenvalue weighted by Gasteiger charge is 2.19. The molecule has 0 saturated heterocycles. The van der Waals surface area contributed by atoms with E-state index < -0.39 is 5.69 Å². The largest absolute Gasteiger partial charge is 0.385 e. The van der Waals surface area contributed by atoms with Crippen molar-refractivity contribution in [1.82, 2.24) is 19.1 Å². The summed E-state index contributed by atoms with van der Waals surface area (Å²) in [5, 5.41) is 13.1. The van der Waals surface area contributed by atoms with Crippen LogP contribution in [-0.2, 0) is 17.8 Å². The van der Waals surface area contributed by atoms with Crippen LogP contribution in [0, 0.1) is 11.2 Å². The van der Waals surface area contributed by atoms with Gasteiger partial charge in [-0.3, -0.25) is 24.3 Å². The summed E-state index contributed by atoms with van der Waals surface area (Å²) in [6, 6.07) is 6.76. The maximum absolute atomic E-state index is 14.4. The highest BCUT2D eigenvalue weighted by Crippen LogP contribution is 2.24. The molecule has 13 heteroatoms. The molecule has 2 aromatic heterocycles. The second-order valence-electron chi connectivity index (χ2n) is 10.8. The summed E-state index contributed by atoms with van der Waals surface area (Å²) in [6.07, 6.45) is 10.2. The number of anilines is 1. The molecule has 10 nitrogen and oxygen atoms in total. The molecule has 3 N–H and O–H groups in total. The standard InChI is InChI=1S/C32H40FN7O3P2/c1-5-21-16-24(19(3)13-25(21)36-23(6-2)10-8-12-43-4)37-31-38-32(42)40(18-22-9-7-11-35-29(22)41)30(34)39(31)17-20-14-26(44)28(33)27(45)15-20/h5,7,9,11,13-16,23,34H,6,8,10,12,17-18,44-45H2,1-4H3,(H,35,41)(H,37,38,42)/b21-5-,34-30?,36-25-. The van der Waals surface area contributed by atoms with Gasteiger partial charge < -0.3 is 15.0 Å². The van der Waals surface area contributed by atoms with E-state index in [-0.39, 0.29) is 42.1 Å². The van der Waals surface area contributed by atoms with Gasteiger partial charge in [0.2, 0.25) is 11.6 Å². The number of halogens is 1. The highest BCUT2D eigenvalue weighted by molar-refractivity contribution is 7.29. The van der Waals surface area contributed by atoms with Crippen LogP contribution < -0.4 is 32.8 Å². The van der Waals surface area contributed by atoms with E-state index in [2.05, 4.69) is 40.7 Å². The van der Waals surface area contributed by atoms with Gasteiger partial charge in [0.1, 0.15) is 5.82 Å². The fourth-order valence-electron chi connectivity index (χ4n) is 5.02. The van der Waals surface area contributed by atoms with Gasteiger partial charge in [0.25, 0.3) is 5.56 Å². The molecule has 1 aliphatic carbocycles. The molecular weight excluding hydrogens is 611 g/mol. The first-order chi connectivity index (χ1) is 21.6. The second-order valence-corrected chi connectivity index (χ2v) is 12.0. The van der Waals surface area contributed by atoms with E-state index in [1.165, 1.54) is 10.8 Å². The molecule has 1 aromatic carbocycles. The summed E-state index contributed by atoms with van der Waals surface area (Å²) in [4.78, 5) is 37.7. The Morgan fingerprint density at radius 2 is 1.93 bits per heavy atom. The van der Waals surface area contributed by atoms with E-state index in [1.807, 2.05) is 32.1 Å². The van der Waals surface area contributed by atoms with E-state index in [0.29, 0.717) is 34.0 Å². The van der Waals surface area contributed by atoms with Gasteiger partial charge in [0, 0.05) is 41.8 Å². The van der Waals surface area contributed by atoms with Crippen LogP contribution in [0.5, 0.6) is 0 Å². The van der Waals surface area contributed by atoms with Crippen LogP contribution in [0.15, 0.2) is 80.1 Å². The van der Waals surface area contributed by atoms with Crippen LogP contribution in [-0.4, -0.2) is 44.6 Å². The van der Waals surface area contributed by atoms with Gasteiger partial charge in [-0.1, -0.05) is 19.1 Å². The van der Waals surface area contributed by atoms with E-state index in [0.717, 1.165) is 40.7 Å². The third-order valence-electron chi connectivity index (χ3n) is 7.57. The lowest BCUT2D eigenvalue weighted by atomic mass is 9.97. The van der Waals surface area contributed by atoms with Crippen LogP contribution in [0.4, 0.5) is 10.3 Å².